The number of ether oxygens (including phenoxy) is 1. The van der Waals surface area contributed by atoms with Crippen LogP contribution >= 0.6 is 0 Å². The third kappa shape index (κ3) is 4.34. The molecule has 0 heterocycles. The minimum atomic E-state index is 0.196. The molecule has 0 radical (unpaired) electrons. The maximum atomic E-state index is 8.74. The number of benzene rings is 1. The minimum Gasteiger partial charge on any atom is -0.493 e. The van der Waals surface area contributed by atoms with Gasteiger partial charge in [0.15, 0.2) is 0 Å². The van der Waals surface area contributed by atoms with E-state index in [1.807, 2.05) is 6.07 Å². The Balaban J connectivity index is 1.85. The monoisotopic (exact) mass is 248 g/mol. The molecule has 100 valence electrons. The molecule has 0 saturated heterocycles. The summed E-state index contributed by atoms with van der Waals surface area (Å²) in [6.45, 7) is 0.797. The second-order valence-corrected chi connectivity index (χ2v) is 5.28. The fourth-order valence-electron chi connectivity index (χ4n) is 2.74. The van der Waals surface area contributed by atoms with Crippen LogP contribution in [0.25, 0.3) is 0 Å². The smallest absolute Gasteiger partial charge is 0.119 e. The number of hydrogen-bond acceptors (Lipinski definition) is 2. The second kappa shape index (κ2) is 7.42. The highest BCUT2D eigenvalue weighted by Crippen LogP contribution is 2.27. The van der Waals surface area contributed by atoms with Crippen molar-refractivity contribution in [2.45, 2.75) is 44.9 Å². The third-order valence-corrected chi connectivity index (χ3v) is 3.72. The van der Waals surface area contributed by atoms with Crippen molar-refractivity contribution in [1.82, 2.24) is 0 Å². The lowest BCUT2D eigenvalue weighted by Gasteiger charge is -2.21. The van der Waals surface area contributed by atoms with Crippen molar-refractivity contribution in [2.75, 3.05) is 13.2 Å². The lowest BCUT2D eigenvalue weighted by molar-refractivity contribution is 0.233. The van der Waals surface area contributed by atoms with E-state index in [1.54, 1.807) is 0 Å². The maximum absolute atomic E-state index is 8.74. The molecule has 1 aliphatic rings. The average molecular weight is 248 g/mol. The summed E-state index contributed by atoms with van der Waals surface area (Å²) in [5.74, 6) is 1.81. The maximum Gasteiger partial charge on any atom is 0.119 e. The zero-order valence-electron chi connectivity index (χ0n) is 11.1. The lowest BCUT2D eigenvalue weighted by Crippen LogP contribution is -2.09. The number of rotatable bonds is 6. The van der Waals surface area contributed by atoms with Crippen molar-refractivity contribution in [2.24, 2.45) is 5.92 Å². The molecule has 18 heavy (non-hydrogen) atoms. The molecule has 2 heteroatoms. The van der Waals surface area contributed by atoms with E-state index in [-0.39, 0.29) is 6.61 Å². The molecule has 0 atom stereocenters. The van der Waals surface area contributed by atoms with Gasteiger partial charge < -0.3 is 9.84 Å². The van der Waals surface area contributed by atoms with Crippen LogP contribution in [0.4, 0.5) is 0 Å². The highest BCUT2D eigenvalue weighted by atomic mass is 16.5. The summed E-state index contributed by atoms with van der Waals surface area (Å²) in [4.78, 5) is 0. The van der Waals surface area contributed by atoms with Gasteiger partial charge in [-0.1, -0.05) is 44.2 Å². The topological polar surface area (TPSA) is 29.5 Å². The summed E-state index contributed by atoms with van der Waals surface area (Å²) in [7, 11) is 0. The molecule has 2 rings (SSSR count). The van der Waals surface area contributed by atoms with Gasteiger partial charge in [0.25, 0.3) is 0 Å². The van der Waals surface area contributed by atoms with Crippen LogP contribution in [0.15, 0.2) is 24.3 Å². The van der Waals surface area contributed by atoms with Crippen LogP contribution in [0.5, 0.6) is 5.75 Å². The first-order valence-electron chi connectivity index (χ1n) is 7.21. The zero-order chi connectivity index (χ0) is 12.6. The van der Waals surface area contributed by atoms with Gasteiger partial charge in [0.05, 0.1) is 6.61 Å². The Labute approximate surface area is 110 Å². The number of aliphatic hydroxyl groups is 1. The van der Waals surface area contributed by atoms with Crippen molar-refractivity contribution >= 4 is 0 Å². The Hall–Kier alpha value is -1.02. The van der Waals surface area contributed by atoms with E-state index in [4.69, 9.17) is 9.84 Å². The van der Waals surface area contributed by atoms with Crippen molar-refractivity contribution in [3.8, 4) is 5.75 Å². The first-order valence-corrected chi connectivity index (χ1v) is 7.21. The van der Waals surface area contributed by atoms with Gasteiger partial charge in [-0.2, -0.15) is 0 Å². The van der Waals surface area contributed by atoms with Gasteiger partial charge in [-0.25, -0.2) is 0 Å². The Kier molecular flexibility index (Phi) is 5.53. The molecule has 1 saturated carbocycles. The molecular weight excluding hydrogens is 224 g/mol. The van der Waals surface area contributed by atoms with Gasteiger partial charge >= 0.3 is 0 Å². The SMILES string of the molecule is OCCCOc1cccc(CC2CCCCC2)c1. The number of aliphatic hydroxyl groups excluding tert-OH is 1. The molecular formula is C16H24O2. The van der Waals surface area contributed by atoms with E-state index >= 15 is 0 Å². The molecule has 1 aromatic carbocycles. The number of hydrogen-bond donors (Lipinski definition) is 1. The van der Waals surface area contributed by atoms with E-state index in [0.29, 0.717) is 13.0 Å². The van der Waals surface area contributed by atoms with E-state index in [9.17, 15) is 0 Å². The Bertz CT molecular complexity index is 343. The highest BCUT2D eigenvalue weighted by molar-refractivity contribution is 5.28. The normalized spacial score (nSPS) is 16.7. The van der Waals surface area contributed by atoms with E-state index in [2.05, 4.69) is 18.2 Å². The van der Waals surface area contributed by atoms with Crippen LogP contribution in [0.2, 0.25) is 0 Å². The molecule has 1 aliphatic carbocycles. The second-order valence-electron chi connectivity index (χ2n) is 5.28. The first kappa shape index (κ1) is 13.4. The van der Waals surface area contributed by atoms with Crippen LogP contribution in [0.3, 0.4) is 0 Å². The first-order chi connectivity index (χ1) is 8.88. The van der Waals surface area contributed by atoms with Crippen molar-refractivity contribution in [3.63, 3.8) is 0 Å². The van der Waals surface area contributed by atoms with Gasteiger partial charge in [0.1, 0.15) is 5.75 Å². The molecule has 2 nitrogen and oxygen atoms in total. The molecule has 1 aromatic rings. The fraction of sp³-hybridized carbons (Fsp3) is 0.625. The molecule has 0 amide bonds. The van der Waals surface area contributed by atoms with Crippen LogP contribution in [0.1, 0.15) is 44.1 Å². The average Bonchev–Trinajstić information content (AvgIpc) is 2.41. The predicted octanol–water partition coefficient (Wildman–Crippen LogP) is 3.57. The van der Waals surface area contributed by atoms with Crippen LogP contribution in [-0.2, 0) is 6.42 Å². The third-order valence-electron chi connectivity index (χ3n) is 3.72. The van der Waals surface area contributed by atoms with E-state index in [0.717, 1.165) is 11.7 Å². The summed E-state index contributed by atoms with van der Waals surface area (Å²) in [5, 5.41) is 8.74. The highest BCUT2D eigenvalue weighted by Gasteiger charge is 2.13. The minimum absolute atomic E-state index is 0.196. The summed E-state index contributed by atoms with van der Waals surface area (Å²) in [5.41, 5.74) is 1.39. The van der Waals surface area contributed by atoms with Gasteiger partial charge in [-0.15, -0.1) is 0 Å². The molecule has 0 aromatic heterocycles. The molecule has 0 bridgehead atoms. The van der Waals surface area contributed by atoms with Crippen LogP contribution in [0, 0.1) is 5.92 Å². The van der Waals surface area contributed by atoms with Gasteiger partial charge in [0.2, 0.25) is 0 Å². The predicted molar refractivity (Wildman–Crippen MR) is 73.9 cm³/mol. The molecule has 0 spiro atoms. The van der Waals surface area contributed by atoms with Crippen LogP contribution in [-0.4, -0.2) is 18.3 Å². The largest absolute Gasteiger partial charge is 0.493 e. The summed E-state index contributed by atoms with van der Waals surface area (Å²) in [6.07, 6.45) is 8.88. The van der Waals surface area contributed by atoms with Crippen LogP contribution < -0.4 is 4.74 Å². The molecule has 1 fully saturated rings. The lowest BCUT2D eigenvalue weighted by atomic mass is 9.85. The fourth-order valence-corrected chi connectivity index (χ4v) is 2.74. The molecule has 0 aliphatic heterocycles. The summed E-state index contributed by atoms with van der Waals surface area (Å²) in [6, 6.07) is 8.44. The zero-order valence-corrected chi connectivity index (χ0v) is 11.1. The van der Waals surface area contributed by atoms with Gasteiger partial charge in [0, 0.05) is 13.0 Å². The Morgan fingerprint density at radius 2 is 2.00 bits per heavy atom. The van der Waals surface area contributed by atoms with Gasteiger partial charge in [-0.3, -0.25) is 0 Å². The summed E-state index contributed by atoms with van der Waals surface area (Å²) < 4.78 is 5.62. The van der Waals surface area contributed by atoms with Gasteiger partial charge in [-0.05, 0) is 30.0 Å². The quantitative estimate of drug-likeness (QED) is 0.780. The van der Waals surface area contributed by atoms with Crippen molar-refractivity contribution in [1.29, 1.82) is 0 Å². The summed E-state index contributed by atoms with van der Waals surface area (Å²) >= 11 is 0. The Morgan fingerprint density at radius 3 is 2.78 bits per heavy atom. The molecule has 1 N–H and O–H groups in total. The van der Waals surface area contributed by atoms with E-state index < -0.39 is 0 Å². The van der Waals surface area contributed by atoms with E-state index in [1.165, 1.54) is 44.1 Å². The standard InChI is InChI=1S/C16H24O2/c17-10-5-11-18-16-9-4-8-15(13-16)12-14-6-2-1-3-7-14/h4,8-9,13-14,17H,1-3,5-7,10-12H2. The molecule has 0 unspecified atom stereocenters. The van der Waals surface area contributed by atoms with Crippen molar-refractivity contribution < 1.29 is 9.84 Å². The Morgan fingerprint density at radius 1 is 1.17 bits per heavy atom. The van der Waals surface area contributed by atoms with Crippen molar-refractivity contribution in [3.05, 3.63) is 29.8 Å².